The molecule has 0 aliphatic heterocycles. The predicted molar refractivity (Wildman–Crippen MR) is 110 cm³/mol. The first-order valence-corrected chi connectivity index (χ1v) is 10.1. The van der Waals surface area contributed by atoms with Crippen LogP contribution in [0.4, 0.5) is 23.2 Å². The number of anilines is 1. The highest BCUT2D eigenvalue weighted by Gasteiger charge is 2.34. The van der Waals surface area contributed by atoms with Crippen molar-refractivity contribution in [3.8, 4) is 0 Å². The lowest BCUT2D eigenvalue weighted by Gasteiger charge is -2.26. The molecule has 2 aliphatic rings. The molecule has 2 aliphatic carbocycles. The standard InChI is InChI=1S/C24H20F4N2/c25-21-9-7-17(13-20(21)24(26,27)28)30-23(15-4-5-15)19-10-11-29-22-12-16(6-8-18(19)22)14-2-1-3-14/h6-14,30H,1-5H2. The van der Waals surface area contributed by atoms with Gasteiger partial charge in [0.1, 0.15) is 5.82 Å². The van der Waals surface area contributed by atoms with Crippen LogP contribution in [0.3, 0.4) is 0 Å². The third-order valence-corrected chi connectivity index (χ3v) is 6.01. The van der Waals surface area contributed by atoms with Crippen molar-refractivity contribution >= 4 is 22.3 Å². The smallest absolute Gasteiger partial charge is 0.355 e. The highest BCUT2D eigenvalue weighted by Crippen LogP contribution is 2.41. The maximum Gasteiger partial charge on any atom is 0.419 e. The summed E-state index contributed by atoms with van der Waals surface area (Å²) in [5.74, 6) is -0.675. The molecule has 2 aromatic carbocycles. The van der Waals surface area contributed by atoms with E-state index in [9.17, 15) is 17.6 Å². The molecule has 2 nitrogen and oxygen atoms in total. The lowest BCUT2D eigenvalue weighted by atomic mass is 9.80. The third-order valence-electron chi connectivity index (χ3n) is 6.01. The fraction of sp³-hybridized carbons (Fsp3) is 0.292. The molecule has 0 spiro atoms. The van der Waals surface area contributed by atoms with E-state index in [-0.39, 0.29) is 5.69 Å². The summed E-state index contributed by atoms with van der Waals surface area (Å²) in [6.45, 7) is 0. The van der Waals surface area contributed by atoms with E-state index in [2.05, 4.69) is 28.5 Å². The Morgan fingerprint density at radius 1 is 1.00 bits per heavy atom. The molecule has 30 heavy (non-hydrogen) atoms. The Morgan fingerprint density at radius 2 is 1.80 bits per heavy atom. The Hall–Kier alpha value is -2.89. The highest BCUT2D eigenvalue weighted by atomic mass is 19.4. The average Bonchev–Trinajstić information content (AvgIpc) is 3.49. The number of allylic oxidation sites excluding steroid dienone is 1. The molecule has 0 saturated heterocycles. The van der Waals surface area contributed by atoms with Crippen molar-refractivity contribution in [1.82, 2.24) is 4.98 Å². The summed E-state index contributed by atoms with van der Waals surface area (Å²) in [5, 5.41) is 4.09. The maximum atomic E-state index is 13.7. The zero-order valence-electron chi connectivity index (χ0n) is 16.2. The van der Waals surface area contributed by atoms with Crippen molar-refractivity contribution in [2.24, 2.45) is 0 Å². The number of pyridine rings is 1. The van der Waals surface area contributed by atoms with Crippen LogP contribution >= 0.6 is 0 Å². The zero-order valence-corrected chi connectivity index (χ0v) is 16.2. The average molecular weight is 412 g/mol. The Bertz CT molecular complexity index is 1150. The molecule has 0 bridgehead atoms. The number of nitrogens with one attached hydrogen (secondary N) is 1. The van der Waals surface area contributed by atoms with Gasteiger partial charge in [-0.3, -0.25) is 4.98 Å². The van der Waals surface area contributed by atoms with Crippen molar-refractivity contribution in [1.29, 1.82) is 0 Å². The summed E-state index contributed by atoms with van der Waals surface area (Å²) in [4.78, 5) is 4.52. The molecule has 3 aromatic rings. The summed E-state index contributed by atoms with van der Waals surface area (Å²) in [6.07, 6.45) is 2.43. The largest absolute Gasteiger partial charge is 0.419 e. The van der Waals surface area contributed by atoms with Crippen LogP contribution in [0.15, 0.2) is 54.2 Å². The second-order valence-electron chi connectivity index (χ2n) is 8.06. The van der Waals surface area contributed by atoms with Crippen LogP contribution in [0.25, 0.3) is 16.6 Å². The van der Waals surface area contributed by atoms with Gasteiger partial charge in [0.2, 0.25) is 0 Å². The molecule has 6 heteroatoms. The number of aromatic nitrogens is 1. The normalized spacial score (nSPS) is 16.5. The maximum absolute atomic E-state index is 13.7. The monoisotopic (exact) mass is 412 g/mol. The molecule has 154 valence electrons. The third kappa shape index (κ3) is 3.55. The van der Waals surface area contributed by atoms with Gasteiger partial charge in [-0.05, 0) is 73.1 Å². The first-order valence-electron chi connectivity index (χ1n) is 10.1. The number of alkyl halides is 3. The summed E-state index contributed by atoms with van der Waals surface area (Å²) in [5.41, 5.74) is 3.96. The molecule has 0 unspecified atom stereocenters. The van der Waals surface area contributed by atoms with Gasteiger partial charge in [-0.1, -0.05) is 18.6 Å². The van der Waals surface area contributed by atoms with E-state index in [1.54, 1.807) is 6.20 Å². The van der Waals surface area contributed by atoms with E-state index < -0.39 is 17.6 Å². The first kappa shape index (κ1) is 19.1. The SMILES string of the molecule is Fc1ccc(NC(=C2CC2)c2ccnc3cc(C4CCC4)ccc23)cc1C(F)(F)F. The second-order valence-corrected chi connectivity index (χ2v) is 8.06. The number of hydrogen-bond donors (Lipinski definition) is 1. The Morgan fingerprint density at radius 3 is 2.47 bits per heavy atom. The molecule has 1 aromatic heterocycles. The number of hydrogen-bond acceptors (Lipinski definition) is 2. The van der Waals surface area contributed by atoms with Gasteiger partial charge in [0.15, 0.2) is 0 Å². The van der Waals surface area contributed by atoms with Crippen LogP contribution < -0.4 is 5.32 Å². The van der Waals surface area contributed by atoms with Gasteiger partial charge in [0.05, 0.1) is 11.1 Å². The van der Waals surface area contributed by atoms with Crippen LogP contribution in [0.5, 0.6) is 0 Å². The van der Waals surface area contributed by atoms with Gasteiger partial charge in [-0.25, -0.2) is 4.39 Å². The molecular formula is C24H20F4N2. The summed E-state index contributed by atoms with van der Waals surface area (Å²) < 4.78 is 53.0. The molecule has 2 fully saturated rings. The van der Waals surface area contributed by atoms with Gasteiger partial charge in [0, 0.05) is 28.5 Å². The molecule has 0 amide bonds. The van der Waals surface area contributed by atoms with E-state index >= 15 is 0 Å². The van der Waals surface area contributed by atoms with Crippen LogP contribution in [-0.2, 0) is 6.18 Å². The number of fused-ring (bicyclic) bond motifs is 1. The number of nitrogens with zero attached hydrogens (tertiary/aromatic N) is 1. The van der Waals surface area contributed by atoms with Crippen LogP contribution in [0, 0.1) is 5.82 Å². The van der Waals surface area contributed by atoms with E-state index in [0.29, 0.717) is 5.92 Å². The lowest BCUT2D eigenvalue weighted by molar-refractivity contribution is -0.139. The zero-order chi connectivity index (χ0) is 20.9. The van der Waals surface area contributed by atoms with Crippen molar-refractivity contribution < 1.29 is 17.6 Å². The van der Waals surface area contributed by atoms with Crippen molar-refractivity contribution in [2.45, 2.75) is 44.2 Å². The molecule has 0 atom stereocenters. The highest BCUT2D eigenvalue weighted by molar-refractivity contribution is 5.96. The van der Waals surface area contributed by atoms with E-state index in [0.717, 1.165) is 52.7 Å². The number of halogens is 4. The number of benzene rings is 2. The van der Waals surface area contributed by atoms with Crippen LogP contribution in [0.2, 0.25) is 0 Å². The van der Waals surface area contributed by atoms with Crippen molar-refractivity contribution in [3.63, 3.8) is 0 Å². The van der Waals surface area contributed by atoms with E-state index in [1.165, 1.54) is 30.9 Å². The van der Waals surface area contributed by atoms with Crippen molar-refractivity contribution in [3.05, 3.63) is 76.7 Å². The predicted octanol–water partition coefficient (Wildman–Crippen LogP) is 7.28. The summed E-state index contributed by atoms with van der Waals surface area (Å²) in [6, 6.07) is 11.2. The minimum absolute atomic E-state index is 0.217. The molecule has 5 rings (SSSR count). The van der Waals surface area contributed by atoms with Crippen molar-refractivity contribution in [2.75, 3.05) is 5.32 Å². The van der Waals surface area contributed by atoms with Crippen LogP contribution in [0.1, 0.15) is 54.7 Å². The Kier molecular flexibility index (Phi) is 4.53. The topological polar surface area (TPSA) is 24.9 Å². The summed E-state index contributed by atoms with van der Waals surface area (Å²) in [7, 11) is 0. The molecule has 0 radical (unpaired) electrons. The molecule has 1 N–H and O–H groups in total. The minimum Gasteiger partial charge on any atom is -0.355 e. The molecular weight excluding hydrogens is 392 g/mol. The number of rotatable bonds is 4. The van der Waals surface area contributed by atoms with Gasteiger partial charge < -0.3 is 5.32 Å². The second kappa shape index (κ2) is 7.11. The van der Waals surface area contributed by atoms with Gasteiger partial charge >= 0.3 is 6.18 Å². The lowest BCUT2D eigenvalue weighted by Crippen LogP contribution is -2.10. The van der Waals surface area contributed by atoms with E-state index in [1.807, 2.05) is 6.07 Å². The Labute approximate surface area is 171 Å². The summed E-state index contributed by atoms with van der Waals surface area (Å²) >= 11 is 0. The Balaban J connectivity index is 1.54. The fourth-order valence-corrected chi connectivity index (χ4v) is 4.00. The first-order chi connectivity index (χ1) is 14.4. The van der Waals surface area contributed by atoms with Gasteiger partial charge in [0.25, 0.3) is 0 Å². The quantitative estimate of drug-likeness (QED) is 0.456. The molecule has 2 saturated carbocycles. The fourth-order valence-electron chi connectivity index (χ4n) is 4.00. The molecule has 1 heterocycles. The van der Waals surface area contributed by atoms with Crippen LogP contribution in [-0.4, -0.2) is 4.98 Å². The van der Waals surface area contributed by atoms with Gasteiger partial charge in [-0.2, -0.15) is 13.2 Å². The van der Waals surface area contributed by atoms with Gasteiger partial charge in [-0.15, -0.1) is 0 Å². The minimum atomic E-state index is -4.74. The van der Waals surface area contributed by atoms with E-state index in [4.69, 9.17) is 0 Å².